The van der Waals surface area contributed by atoms with Crippen LogP contribution in [0.15, 0.2) is 0 Å². The van der Waals surface area contributed by atoms with Gasteiger partial charge in [-0.25, -0.2) is 9.13 Å². The van der Waals surface area contributed by atoms with Gasteiger partial charge in [0.25, 0.3) is 0 Å². The van der Waals surface area contributed by atoms with Gasteiger partial charge in [-0.1, -0.05) is 298 Å². The summed E-state index contributed by atoms with van der Waals surface area (Å²) >= 11 is 0. The molecule has 0 heterocycles. The quantitative estimate of drug-likeness (QED) is 0.0222. The molecule has 0 aromatic rings. The van der Waals surface area contributed by atoms with Crippen molar-refractivity contribution in [3.63, 3.8) is 0 Å². The van der Waals surface area contributed by atoms with Gasteiger partial charge in [-0.15, -0.1) is 0 Å². The van der Waals surface area contributed by atoms with Crippen molar-refractivity contribution < 1.29 is 80.2 Å². The Hall–Kier alpha value is -1.94. The fourth-order valence-corrected chi connectivity index (χ4v) is 12.0. The van der Waals surface area contributed by atoms with E-state index in [1.54, 1.807) is 0 Å². The van der Waals surface area contributed by atoms with Crippen molar-refractivity contribution in [1.82, 2.24) is 0 Å². The van der Waals surface area contributed by atoms with Gasteiger partial charge in [0.1, 0.15) is 19.3 Å². The lowest BCUT2D eigenvalue weighted by atomic mass is 10.0. The van der Waals surface area contributed by atoms with Crippen LogP contribution >= 0.6 is 15.6 Å². The van der Waals surface area contributed by atoms with Crippen molar-refractivity contribution in [2.24, 2.45) is 11.8 Å². The molecule has 19 heteroatoms. The van der Waals surface area contributed by atoms with Crippen molar-refractivity contribution in [1.29, 1.82) is 0 Å². The monoisotopic (exact) mass is 1300 g/mol. The molecule has 0 aromatic carbocycles. The molecule has 0 saturated heterocycles. The standard InChI is InChI=1S/C69H134O17P2/c1-7-9-11-13-15-17-20-29-35-41-47-53-68(73)85-64(57-79-66(71)51-45-39-33-25-16-14-12-10-8-2)59-83-87(75,76)81-55-63(70)56-82-88(77,78)84-60-65(58-80-67(72)52-46-40-34-28-24-23-27-32-38-44-50-62(5)6)86-69(74)54-48-42-36-30-22-19-18-21-26-31-37-43-49-61(3)4/h61-65,70H,7-60H2,1-6H3,(H,75,76)(H,77,78)/t63-,64+,65+/m0/s1. The second kappa shape index (κ2) is 61.3. The van der Waals surface area contributed by atoms with E-state index in [2.05, 4.69) is 41.5 Å². The van der Waals surface area contributed by atoms with E-state index >= 15 is 0 Å². The Balaban J connectivity index is 5.24. The second-order valence-corrected chi connectivity index (χ2v) is 28.8. The third kappa shape index (κ3) is 62.8. The van der Waals surface area contributed by atoms with E-state index < -0.39 is 97.5 Å². The van der Waals surface area contributed by atoms with Gasteiger partial charge in [-0.3, -0.25) is 37.3 Å². The Morgan fingerprint density at radius 1 is 0.307 bits per heavy atom. The van der Waals surface area contributed by atoms with Crippen LogP contribution in [0.5, 0.6) is 0 Å². The van der Waals surface area contributed by atoms with Crippen LogP contribution in [0.4, 0.5) is 0 Å². The minimum atomic E-state index is -4.95. The Morgan fingerprint density at radius 3 is 0.773 bits per heavy atom. The van der Waals surface area contributed by atoms with E-state index in [4.69, 9.17) is 37.0 Å². The number of aliphatic hydroxyl groups is 1. The molecule has 0 aliphatic carbocycles. The number of carbonyl (C=O) groups is 4. The summed E-state index contributed by atoms with van der Waals surface area (Å²) in [5.41, 5.74) is 0. The van der Waals surface area contributed by atoms with Crippen LogP contribution < -0.4 is 0 Å². The van der Waals surface area contributed by atoms with E-state index in [0.717, 1.165) is 102 Å². The number of esters is 4. The molecule has 0 saturated carbocycles. The van der Waals surface area contributed by atoms with E-state index in [1.807, 2.05) is 0 Å². The lowest BCUT2D eigenvalue weighted by molar-refractivity contribution is -0.161. The predicted molar refractivity (Wildman–Crippen MR) is 354 cm³/mol. The molecular formula is C69H134O17P2. The maximum atomic E-state index is 13.0. The highest BCUT2D eigenvalue weighted by atomic mass is 31.2. The molecule has 0 aliphatic rings. The molecule has 0 fully saturated rings. The molecule has 0 aliphatic heterocycles. The lowest BCUT2D eigenvalue weighted by Gasteiger charge is -2.21. The predicted octanol–water partition coefficient (Wildman–Crippen LogP) is 19.6. The molecular weight excluding hydrogens is 1160 g/mol. The van der Waals surface area contributed by atoms with Gasteiger partial charge in [-0.2, -0.15) is 0 Å². The van der Waals surface area contributed by atoms with Crippen LogP contribution in [0.1, 0.15) is 350 Å². The van der Waals surface area contributed by atoms with Crippen molar-refractivity contribution in [2.75, 3.05) is 39.6 Å². The van der Waals surface area contributed by atoms with Crippen LogP contribution in [0.3, 0.4) is 0 Å². The van der Waals surface area contributed by atoms with E-state index in [9.17, 15) is 43.2 Å². The molecule has 88 heavy (non-hydrogen) atoms. The fraction of sp³-hybridized carbons (Fsp3) is 0.942. The van der Waals surface area contributed by atoms with Crippen LogP contribution in [0.2, 0.25) is 0 Å². The minimum absolute atomic E-state index is 0.107. The number of ether oxygens (including phenoxy) is 4. The van der Waals surface area contributed by atoms with Crippen LogP contribution in [0.25, 0.3) is 0 Å². The average Bonchev–Trinajstić information content (AvgIpc) is 3.69. The van der Waals surface area contributed by atoms with Gasteiger partial charge in [0.2, 0.25) is 0 Å². The van der Waals surface area contributed by atoms with Gasteiger partial charge in [0.15, 0.2) is 12.2 Å². The first-order valence-electron chi connectivity index (χ1n) is 36.0. The molecule has 2 unspecified atom stereocenters. The zero-order valence-electron chi connectivity index (χ0n) is 57.0. The molecule has 3 N–H and O–H groups in total. The zero-order valence-corrected chi connectivity index (χ0v) is 58.8. The first kappa shape index (κ1) is 86.1. The van der Waals surface area contributed by atoms with Crippen molar-refractivity contribution in [3.05, 3.63) is 0 Å². The molecule has 0 amide bonds. The molecule has 5 atom stereocenters. The smallest absolute Gasteiger partial charge is 0.462 e. The van der Waals surface area contributed by atoms with Crippen molar-refractivity contribution in [2.45, 2.75) is 368 Å². The van der Waals surface area contributed by atoms with Crippen molar-refractivity contribution >= 4 is 39.5 Å². The maximum absolute atomic E-state index is 13.0. The van der Waals surface area contributed by atoms with Gasteiger partial charge in [-0.05, 0) is 37.5 Å². The molecule has 0 bridgehead atoms. The number of aliphatic hydroxyl groups excluding tert-OH is 1. The number of hydrogen-bond donors (Lipinski definition) is 3. The third-order valence-corrected chi connectivity index (χ3v) is 17.9. The molecule has 0 spiro atoms. The molecule has 0 aromatic heterocycles. The highest BCUT2D eigenvalue weighted by Gasteiger charge is 2.30. The zero-order chi connectivity index (χ0) is 65.0. The third-order valence-electron chi connectivity index (χ3n) is 16.0. The number of unbranched alkanes of at least 4 members (excludes halogenated alkanes) is 38. The summed E-state index contributed by atoms with van der Waals surface area (Å²) in [6, 6.07) is 0. The summed E-state index contributed by atoms with van der Waals surface area (Å²) in [5.74, 6) is -0.590. The first-order chi connectivity index (χ1) is 42.4. The summed E-state index contributed by atoms with van der Waals surface area (Å²) < 4.78 is 68.2. The van der Waals surface area contributed by atoms with Crippen LogP contribution in [-0.4, -0.2) is 96.7 Å². The SMILES string of the molecule is CCCCCCCCCCCCCC(=O)O[C@H](COC(=O)CCCCCCCCCCC)COP(=O)(O)OC[C@H](O)COP(=O)(O)OC[C@@H](COC(=O)CCCCCCCCCCCCC(C)C)OC(=O)CCCCCCCCCCCCCCC(C)C. The summed E-state index contributed by atoms with van der Waals surface area (Å²) in [6.07, 6.45) is 45.7. The van der Waals surface area contributed by atoms with E-state index in [1.165, 1.54) is 167 Å². The number of carbonyl (C=O) groups excluding carboxylic acids is 4. The molecule has 0 radical (unpaired) electrons. The molecule has 17 nitrogen and oxygen atoms in total. The summed E-state index contributed by atoms with van der Waals surface area (Å²) in [4.78, 5) is 72.4. The Morgan fingerprint density at radius 2 is 0.523 bits per heavy atom. The average molecular weight is 1300 g/mol. The number of phosphoric acid groups is 2. The van der Waals surface area contributed by atoms with Gasteiger partial charge in [0, 0.05) is 25.7 Å². The van der Waals surface area contributed by atoms with E-state index in [-0.39, 0.29) is 25.7 Å². The number of rotatable bonds is 68. The number of phosphoric ester groups is 2. The van der Waals surface area contributed by atoms with Gasteiger partial charge in [0.05, 0.1) is 26.4 Å². The van der Waals surface area contributed by atoms with Crippen LogP contribution in [-0.2, 0) is 65.4 Å². The maximum Gasteiger partial charge on any atom is 0.472 e. The Kier molecular flexibility index (Phi) is 59.9. The molecule has 522 valence electrons. The molecule has 0 rings (SSSR count). The summed E-state index contributed by atoms with van der Waals surface area (Å²) in [5, 5.41) is 10.6. The van der Waals surface area contributed by atoms with Gasteiger partial charge < -0.3 is 33.8 Å². The van der Waals surface area contributed by atoms with E-state index in [0.29, 0.717) is 25.7 Å². The number of hydrogen-bond acceptors (Lipinski definition) is 15. The lowest BCUT2D eigenvalue weighted by Crippen LogP contribution is -2.30. The highest BCUT2D eigenvalue weighted by molar-refractivity contribution is 7.47. The normalized spacial score (nSPS) is 14.2. The summed E-state index contributed by atoms with van der Waals surface area (Å²) in [6.45, 7) is 9.53. The minimum Gasteiger partial charge on any atom is -0.462 e. The Bertz CT molecular complexity index is 1720. The van der Waals surface area contributed by atoms with Gasteiger partial charge >= 0.3 is 39.5 Å². The second-order valence-electron chi connectivity index (χ2n) is 25.9. The first-order valence-corrected chi connectivity index (χ1v) is 39.0. The van der Waals surface area contributed by atoms with Crippen LogP contribution in [0, 0.1) is 11.8 Å². The Labute approximate surface area is 537 Å². The largest absolute Gasteiger partial charge is 0.472 e. The highest BCUT2D eigenvalue weighted by Crippen LogP contribution is 2.45. The topological polar surface area (TPSA) is 237 Å². The van der Waals surface area contributed by atoms with Crippen molar-refractivity contribution in [3.8, 4) is 0 Å². The fourth-order valence-electron chi connectivity index (χ4n) is 10.4. The summed E-state index contributed by atoms with van der Waals surface area (Å²) in [7, 11) is -9.90.